The highest BCUT2D eigenvalue weighted by atomic mass is 32.1. The average molecular weight is 340 g/mol. The van der Waals surface area contributed by atoms with Crippen molar-refractivity contribution >= 4 is 28.6 Å². The van der Waals surface area contributed by atoms with Gasteiger partial charge in [0.05, 0.1) is 4.88 Å². The van der Waals surface area contributed by atoms with Crippen molar-refractivity contribution < 1.29 is 4.79 Å². The minimum Gasteiger partial charge on any atom is -0.350 e. The summed E-state index contributed by atoms with van der Waals surface area (Å²) in [6, 6.07) is 14.5. The number of nitrogens with one attached hydrogen (secondary N) is 1. The Kier molecular flexibility index (Phi) is 3.75. The zero-order valence-electron chi connectivity index (χ0n) is 12.5. The number of carbonyl (C=O) groups is 1. The zero-order chi connectivity index (χ0) is 15.7. The Morgan fingerprint density at radius 1 is 1.13 bits per heavy atom. The quantitative estimate of drug-likeness (QED) is 0.751. The van der Waals surface area contributed by atoms with Gasteiger partial charge < -0.3 is 5.32 Å². The van der Waals surface area contributed by atoms with E-state index in [1.165, 1.54) is 16.9 Å². The number of amides is 1. The normalized spacial score (nSPS) is 15.3. The molecule has 0 aliphatic heterocycles. The molecule has 0 spiro atoms. The second kappa shape index (κ2) is 5.91. The molecule has 1 N–H and O–H groups in total. The highest BCUT2D eigenvalue weighted by Gasteiger charge is 2.44. The van der Waals surface area contributed by atoms with E-state index < -0.39 is 0 Å². The number of nitrogens with zero attached hydrogens (tertiary/aromatic N) is 1. The van der Waals surface area contributed by atoms with Gasteiger partial charge in [0.1, 0.15) is 10.7 Å². The fourth-order valence-corrected chi connectivity index (χ4v) is 4.36. The largest absolute Gasteiger partial charge is 0.350 e. The van der Waals surface area contributed by atoms with Crippen molar-refractivity contribution in [1.82, 2.24) is 10.3 Å². The van der Waals surface area contributed by atoms with Gasteiger partial charge in [0.15, 0.2) is 0 Å². The van der Waals surface area contributed by atoms with E-state index in [2.05, 4.69) is 34.6 Å². The van der Waals surface area contributed by atoms with Crippen molar-refractivity contribution in [2.75, 3.05) is 6.54 Å². The first-order valence-corrected chi connectivity index (χ1v) is 9.36. The predicted molar refractivity (Wildman–Crippen MR) is 95.1 cm³/mol. The van der Waals surface area contributed by atoms with Crippen molar-refractivity contribution in [3.8, 4) is 9.88 Å². The SMILES string of the molecule is O=C(NCC1(c2ccccc2)CC1)c1csc(-c2cccs2)n1. The molecule has 1 aliphatic rings. The molecule has 1 saturated carbocycles. The summed E-state index contributed by atoms with van der Waals surface area (Å²) in [7, 11) is 0. The molecule has 0 bridgehead atoms. The van der Waals surface area contributed by atoms with Crippen molar-refractivity contribution in [2.45, 2.75) is 18.3 Å². The first-order chi connectivity index (χ1) is 11.3. The number of hydrogen-bond donors (Lipinski definition) is 1. The maximum atomic E-state index is 12.4. The van der Waals surface area contributed by atoms with Crippen LogP contribution in [0.5, 0.6) is 0 Å². The van der Waals surface area contributed by atoms with Gasteiger partial charge in [-0.1, -0.05) is 36.4 Å². The van der Waals surface area contributed by atoms with E-state index in [1.807, 2.05) is 29.0 Å². The van der Waals surface area contributed by atoms with Crippen LogP contribution in [0.25, 0.3) is 9.88 Å². The van der Waals surface area contributed by atoms with Crippen molar-refractivity contribution in [3.63, 3.8) is 0 Å². The van der Waals surface area contributed by atoms with Gasteiger partial charge >= 0.3 is 0 Å². The highest BCUT2D eigenvalue weighted by molar-refractivity contribution is 7.20. The molecule has 0 saturated heterocycles. The maximum Gasteiger partial charge on any atom is 0.270 e. The third kappa shape index (κ3) is 2.94. The van der Waals surface area contributed by atoms with Crippen LogP contribution in [0, 0.1) is 0 Å². The van der Waals surface area contributed by atoms with E-state index >= 15 is 0 Å². The molecule has 116 valence electrons. The van der Waals surface area contributed by atoms with Crippen molar-refractivity contribution in [3.05, 3.63) is 64.5 Å². The topological polar surface area (TPSA) is 42.0 Å². The lowest BCUT2D eigenvalue weighted by atomic mass is 9.96. The monoisotopic (exact) mass is 340 g/mol. The summed E-state index contributed by atoms with van der Waals surface area (Å²) in [6.45, 7) is 0.682. The van der Waals surface area contributed by atoms with Gasteiger partial charge in [-0.3, -0.25) is 4.79 Å². The number of hydrogen-bond acceptors (Lipinski definition) is 4. The second-order valence-electron chi connectivity index (χ2n) is 5.84. The highest BCUT2D eigenvalue weighted by Crippen LogP contribution is 2.47. The molecule has 0 atom stereocenters. The van der Waals surface area contributed by atoms with Crippen LogP contribution in [-0.4, -0.2) is 17.4 Å². The maximum absolute atomic E-state index is 12.4. The Hall–Kier alpha value is -1.98. The van der Waals surface area contributed by atoms with Crippen LogP contribution in [0.2, 0.25) is 0 Å². The lowest BCUT2D eigenvalue weighted by Crippen LogP contribution is -2.32. The number of aromatic nitrogens is 1. The lowest BCUT2D eigenvalue weighted by Gasteiger charge is -2.16. The number of carbonyl (C=O) groups excluding carboxylic acids is 1. The molecule has 1 fully saturated rings. The van der Waals surface area contributed by atoms with Crippen molar-refractivity contribution in [1.29, 1.82) is 0 Å². The number of thiophene rings is 1. The fraction of sp³-hybridized carbons (Fsp3) is 0.222. The van der Waals surface area contributed by atoms with E-state index in [0.29, 0.717) is 12.2 Å². The lowest BCUT2D eigenvalue weighted by molar-refractivity contribution is 0.0945. The molecule has 23 heavy (non-hydrogen) atoms. The Labute approximate surface area is 143 Å². The summed E-state index contributed by atoms with van der Waals surface area (Å²) in [6.07, 6.45) is 2.27. The number of rotatable bonds is 5. The van der Waals surface area contributed by atoms with Crippen molar-refractivity contribution in [2.24, 2.45) is 0 Å². The van der Waals surface area contributed by atoms with E-state index in [9.17, 15) is 4.79 Å². The summed E-state index contributed by atoms with van der Waals surface area (Å²) in [5, 5.41) is 7.84. The van der Waals surface area contributed by atoms with Crippen LogP contribution in [0.3, 0.4) is 0 Å². The molecular formula is C18H16N2OS2. The Morgan fingerprint density at radius 2 is 1.96 bits per heavy atom. The molecule has 0 radical (unpaired) electrons. The van der Waals surface area contributed by atoms with Gasteiger partial charge in [0, 0.05) is 17.3 Å². The van der Waals surface area contributed by atoms with Gasteiger partial charge in [0.25, 0.3) is 5.91 Å². The third-order valence-corrected chi connectivity index (χ3v) is 6.18. The molecular weight excluding hydrogens is 324 g/mol. The van der Waals surface area contributed by atoms with Crippen LogP contribution in [0.1, 0.15) is 28.9 Å². The smallest absolute Gasteiger partial charge is 0.270 e. The predicted octanol–water partition coefficient (Wildman–Crippen LogP) is 4.33. The van der Waals surface area contributed by atoms with E-state index in [4.69, 9.17) is 0 Å². The molecule has 4 rings (SSSR count). The van der Waals surface area contributed by atoms with E-state index in [1.54, 1.807) is 11.3 Å². The summed E-state index contributed by atoms with van der Waals surface area (Å²) < 4.78 is 0. The van der Waals surface area contributed by atoms with Gasteiger partial charge in [0.2, 0.25) is 0 Å². The number of benzene rings is 1. The molecule has 5 heteroatoms. The van der Waals surface area contributed by atoms with Gasteiger partial charge in [-0.2, -0.15) is 0 Å². The summed E-state index contributed by atoms with van der Waals surface area (Å²) in [4.78, 5) is 17.9. The van der Waals surface area contributed by atoms with Gasteiger partial charge in [-0.05, 0) is 29.9 Å². The Balaban J connectivity index is 1.43. The molecule has 3 nitrogen and oxygen atoms in total. The molecule has 2 heterocycles. The fourth-order valence-electron chi connectivity index (χ4n) is 2.74. The average Bonchev–Trinajstić information content (AvgIpc) is 3.01. The molecule has 1 aromatic carbocycles. The Bertz CT molecular complexity index is 805. The third-order valence-electron chi connectivity index (χ3n) is 4.30. The first kappa shape index (κ1) is 14.6. The molecule has 2 aromatic heterocycles. The molecule has 1 aliphatic carbocycles. The first-order valence-electron chi connectivity index (χ1n) is 7.60. The number of thiazole rings is 1. The summed E-state index contributed by atoms with van der Waals surface area (Å²) >= 11 is 3.16. The van der Waals surface area contributed by atoms with Crippen LogP contribution in [0.15, 0.2) is 53.2 Å². The zero-order valence-corrected chi connectivity index (χ0v) is 14.1. The molecule has 3 aromatic rings. The summed E-state index contributed by atoms with van der Waals surface area (Å²) in [5.74, 6) is -0.0775. The van der Waals surface area contributed by atoms with Gasteiger partial charge in [-0.15, -0.1) is 22.7 Å². The van der Waals surface area contributed by atoms with E-state index in [0.717, 1.165) is 22.7 Å². The van der Waals surface area contributed by atoms with Crippen LogP contribution < -0.4 is 5.32 Å². The van der Waals surface area contributed by atoms with Crippen LogP contribution in [0.4, 0.5) is 0 Å². The van der Waals surface area contributed by atoms with E-state index in [-0.39, 0.29) is 11.3 Å². The summed E-state index contributed by atoms with van der Waals surface area (Å²) in [5.41, 5.74) is 1.96. The molecule has 0 unspecified atom stereocenters. The van der Waals surface area contributed by atoms with Crippen LogP contribution in [-0.2, 0) is 5.41 Å². The van der Waals surface area contributed by atoms with Gasteiger partial charge in [-0.25, -0.2) is 4.98 Å². The molecule has 1 amide bonds. The standard InChI is InChI=1S/C18H16N2OS2/c21-16(14-11-23-17(20-14)15-7-4-10-22-15)19-12-18(8-9-18)13-5-2-1-3-6-13/h1-7,10-11H,8-9,12H2,(H,19,21). The second-order valence-corrected chi connectivity index (χ2v) is 7.65. The Morgan fingerprint density at radius 3 is 2.65 bits per heavy atom. The minimum atomic E-state index is -0.0775. The van der Waals surface area contributed by atoms with Crippen LogP contribution >= 0.6 is 22.7 Å². The minimum absolute atomic E-state index is 0.0775.